The molecule has 0 saturated heterocycles. The van der Waals surface area contributed by atoms with E-state index in [-0.39, 0.29) is 12.6 Å². The molecule has 0 aliphatic rings. The van der Waals surface area contributed by atoms with E-state index in [0.717, 1.165) is 22.2 Å². The molecule has 2 amide bonds. The zero-order valence-electron chi connectivity index (χ0n) is 18.0. The first kappa shape index (κ1) is 22.1. The molecule has 0 aliphatic carbocycles. The number of nitriles is 1. The molecule has 0 atom stereocenters. The van der Waals surface area contributed by atoms with Crippen LogP contribution in [0.25, 0.3) is 5.69 Å². The van der Waals surface area contributed by atoms with Crippen LogP contribution in [0, 0.1) is 18.3 Å². The maximum absolute atomic E-state index is 12.4. The second kappa shape index (κ2) is 10.5. The number of nitrogens with one attached hydrogen (secondary N) is 2. The van der Waals surface area contributed by atoms with Crippen molar-refractivity contribution in [3.8, 4) is 11.8 Å². The van der Waals surface area contributed by atoms with Crippen LogP contribution >= 0.6 is 11.8 Å². The summed E-state index contributed by atoms with van der Waals surface area (Å²) in [7, 11) is 0. The van der Waals surface area contributed by atoms with Crippen molar-refractivity contribution in [3.05, 3.63) is 101 Å². The molecule has 1 heterocycles. The Balaban J connectivity index is 1.50. The molecule has 0 bridgehead atoms. The van der Waals surface area contributed by atoms with Crippen molar-refractivity contribution >= 4 is 23.5 Å². The highest BCUT2D eigenvalue weighted by atomic mass is 32.2. The molecule has 0 saturated carbocycles. The lowest BCUT2D eigenvalue weighted by atomic mass is 10.2. The number of carbonyl (C=O) groups excluding carboxylic acids is 1. The van der Waals surface area contributed by atoms with Gasteiger partial charge < -0.3 is 10.6 Å². The molecule has 1 aromatic heterocycles. The number of hydrogen-bond donors (Lipinski definition) is 2. The third kappa shape index (κ3) is 5.79. The van der Waals surface area contributed by atoms with E-state index in [1.807, 2.05) is 54.0 Å². The number of aromatic nitrogens is 3. The van der Waals surface area contributed by atoms with Crippen LogP contribution in [0.4, 0.5) is 10.5 Å². The number of carbonyl (C=O) groups is 1. The van der Waals surface area contributed by atoms with Gasteiger partial charge in [0, 0.05) is 17.1 Å². The minimum Gasteiger partial charge on any atom is -0.331 e. The van der Waals surface area contributed by atoms with Gasteiger partial charge in [0.25, 0.3) is 0 Å². The van der Waals surface area contributed by atoms with E-state index in [1.54, 1.807) is 36.0 Å². The minimum absolute atomic E-state index is 0.191. The molecule has 2 N–H and O–H groups in total. The number of rotatable bonds is 7. The number of aryl methyl sites for hydroxylation is 1. The number of benzene rings is 3. The Morgan fingerprint density at radius 3 is 2.58 bits per heavy atom. The standard InChI is InChI=1S/C25H22N6OS/c1-18-10-12-22(13-11-18)31-23(29-30-25(31)33-17-19-6-3-2-4-7-19)16-27-24(32)28-21-9-5-8-20(14-21)15-26/h2-14H,16-17H2,1H3,(H2,27,28,32). The molecule has 0 fully saturated rings. The molecule has 3 aromatic carbocycles. The Labute approximate surface area is 196 Å². The van der Waals surface area contributed by atoms with Crippen LogP contribution in [0.3, 0.4) is 0 Å². The highest BCUT2D eigenvalue weighted by Crippen LogP contribution is 2.25. The second-order valence-corrected chi connectivity index (χ2v) is 8.29. The van der Waals surface area contributed by atoms with E-state index < -0.39 is 0 Å². The topological polar surface area (TPSA) is 95.6 Å². The van der Waals surface area contributed by atoms with Crippen LogP contribution in [0.15, 0.2) is 84.0 Å². The van der Waals surface area contributed by atoms with Crippen LogP contribution in [-0.2, 0) is 12.3 Å². The summed E-state index contributed by atoms with van der Waals surface area (Å²) >= 11 is 1.59. The number of thioether (sulfide) groups is 1. The fourth-order valence-corrected chi connectivity index (χ4v) is 4.11. The summed E-state index contributed by atoms with van der Waals surface area (Å²) in [4.78, 5) is 12.4. The van der Waals surface area contributed by atoms with Gasteiger partial charge in [0.2, 0.25) is 0 Å². The van der Waals surface area contributed by atoms with Crippen molar-refractivity contribution in [2.45, 2.75) is 24.4 Å². The third-order valence-corrected chi connectivity index (χ3v) is 5.86. The molecule has 7 nitrogen and oxygen atoms in total. The Kier molecular flexibility index (Phi) is 7.03. The van der Waals surface area contributed by atoms with E-state index >= 15 is 0 Å². The lowest BCUT2D eigenvalue weighted by molar-refractivity contribution is 0.251. The number of nitrogens with zero attached hydrogens (tertiary/aromatic N) is 4. The van der Waals surface area contributed by atoms with Crippen molar-refractivity contribution < 1.29 is 4.79 Å². The van der Waals surface area contributed by atoms with Gasteiger partial charge in [0.15, 0.2) is 11.0 Å². The Hall–Kier alpha value is -4.09. The first-order valence-electron chi connectivity index (χ1n) is 10.4. The fourth-order valence-electron chi connectivity index (χ4n) is 3.18. The Bertz CT molecular complexity index is 1280. The molecule has 164 valence electrons. The van der Waals surface area contributed by atoms with Gasteiger partial charge in [-0.2, -0.15) is 5.26 Å². The largest absolute Gasteiger partial charge is 0.331 e. The van der Waals surface area contributed by atoms with Gasteiger partial charge in [-0.25, -0.2) is 4.79 Å². The highest BCUT2D eigenvalue weighted by molar-refractivity contribution is 7.98. The summed E-state index contributed by atoms with van der Waals surface area (Å²) in [5.74, 6) is 1.38. The Morgan fingerprint density at radius 1 is 1.03 bits per heavy atom. The average molecular weight is 455 g/mol. The van der Waals surface area contributed by atoms with Crippen LogP contribution in [0.1, 0.15) is 22.5 Å². The van der Waals surface area contributed by atoms with Crippen LogP contribution < -0.4 is 10.6 Å². The van der Waals surface area contributed by atoms with Gasteiger partial charge in [-0.05, 0) is 42.8 Å². The van der Waals surface area contributed by atoms with Crippen molar-refractivity contribution in [2.24, 2.45) is 0 Å². The smallest absolute Gasteiger partial charge is 0.319 e. The summed E-state index contributed by atoms with van der Waals surface area (Å²) in [5.41, 5.74) is 4.31. The quantitative estimate of drug-likeness (QED) is 0.381. The van der Waals surface area contributed by atoms with Crippen molar-refractivity contribution in [1.82, 2.24) is 20.1 Å². The summed E-state index contributed by atoms with van der Waals surface area (Å²) in [6, 6.07) is 26.7. The molecule has 4 aromatic rings. The molecule has 0 unspecified atom stereocenters. The minimum atomic E-state index is -0.387. The van der Waals surface area contributed by atoms with Gasteiger partial charge in [-0.1, -0.05) is 65.9 Å². The van der Waals surface area contributed by atoms with Crippen LogP contribution in [-0.4, -0.2) is 20.8 Å². The summed E-state index contributed by atoms with van der Waals surface area (Å²) in [6.07, 6.45) is 0. The predicted octanol–water partition coefficient (Wildman–Crippen LogP) is 5.06. The first-order chi connectivity index (χ1) is 16.1. The maximum atomic E-state index is 12.4. The fraction of sp³-hybridized carbons (Fsp3) is 0.120. The van der Waals surface area contributed by atoms with Gasteiger partial charge in [-0.15, -0.1) is 10.2 Å². The monoisotopic (exact) mass is 454 g/mol. The first-order valence-corrected chi connectivity index (χ1v) is 11.3. The van der Waals surface area contributed by atoms with Crippen molar-refractivity contribution in [2.75, 3.05) is 5.32 Å². The predicted molar refractivity (Wildman–Crippen MR) is 129 cm³/mol. The van der Waals surface area contributed by atoms with Gasteiger partial charge in [0.05, 0.1) is 18.2 Å². The van der Waals surface area contributed by atoms with E-state index in [1.165, 1.54) is 5.56 Å². The number of hydrogen-bond acceptors (Lipinski definition) is 5. The summed E-state index contributed by atoms with van der Waals surface area (Å²) < 4.78 is 1.96. The van der Waals surface area contributed by atoms with Crippen LogP contribution in [0.2, 0.25) is 0 Å². The molecule has 33 heavy (non-hydrogen) atoms. The Morgan fingerprint density at radius 2 is 1.82 bits per heavy atom. The van der Waals surface area contributed by atoms with Gasteiger partial charge in [-0.3, -0.25) is 4.57 Å². The summed E-state index contributed by atoms with van der Waals surface area (Å²) in [6.45, 7) is 2.23. The van der Waals surface area contributed by atoms with Gasteiger partial charge >= 0.3 is 6.03 Å². The highest BCUT2D eigenvalue weighted by Gasteiger charge is 2.15. The van der Waals surface area contributed by atoms with Crippen LogP contribution in [0.5, 0.6) is 0 Å². The summed E-state index contributed by atoms with van der Waals surface area (Å²) in [5, 5.41) is 24.1. The zero-order valence-corrected chi connectivity index (χ0v) is 18.8. The van der Waals surface area contributed by atoms with Crippen molar-refractivity contribution in [1.29, 1.82) is 5.26 Å². The number of urea groups is 1. The van der Waals surface area contributed by atoms with E-state index in [2.05, 4.69) is 39.0 Å². The third-order valence-electron chi connectivity index (χ3n) is 4.86. The maximum Gasteiger partial charge on any atom is 0.319 e. The average Bonchev–Trinajstić information content (AvgIpc) is 3.25. The molecular weight excluding hydrogens is 432 g/mol. The molecular formula is C25H22N6OS. The number of amides is 2. The molecule has 8 heteroatoms. The zero-order chi connectivity index (χ0) is 23.0. The second-order valence-electron chi connectivity index (χ2n) is 7.34. The van der Waals surface area contributed by atoms with Gasteiger partial charge in [0.1, 0.15) is 0 Å². The lowest BCUT2D eigenvalue weighted by Crippen LogP contribution is -2.29. The number of anilines is 1. The van der Waals surface area contributed by atoms with E-state index in [4.69, 9.17) is 5.26 Å². The molecule has 4 rings (SSSR count). The molecule has 0 aliphatic heterocycles. The normalized spacial score (nSPS) is 10.4. The van der Waals surface area contributed by atoms with E-state index in [9.17, 15) is 4.79 Å². The molecule has 0 radical (unpaired) electrons. The van der Waals surface area contributed by atoms with Crippen molar-refractivity contribution in [3.63, 3.8) is 0 Å². The molecule has 0 spiro atoms. The SMILES string of the molecule is Cc1ccc(-n2c(CNC(=O)Nc3cccc(C#N)c3)nnc2SCc2ccccc2)cc1. The van der Waals surface area contributed by atoms with E-state index in [0.29, 0.717) is 17.1 Å². The lowest BCUT2D eigenvalue weighted by Gasteiger charge is -2.12.